The summed E-state index contributed by atoms with van der Waals surface area (Å²) in [6.45, 7) is 4.79. The summed E-state index contributed by atoms with van der Waals surface area (Å²) in [7, 11) is 0. The van der Waals surface area contributed by atoms with Gasteiger partial charge in [0.15, 0.2) is 12.9 Å². The third-order valence-electron chi connectivity index (χ3n) is 6.48. The molecule has 4 heteroatoms. The van der Waals surface area contributed by atoms with Gasteiger partial charge in [-0.3, -0.25) is 4.79 Å². The maximum Gasteiger partial charge on any atom is 0.337 e. The van der Waals surface area contributed by atoms with Gasteiger partial charge < -0.3 is 9.47 Å². The van der Waals surface area contributed by atoms with E-state index in [0.29, 0.717) is 23.5 Å². The molecule has 1 saturated heterocycles. The van der Waals surface area contributed by atoms with Gasteiger partial charge in [-0.2, -0.15) is 0 Å². The van der Waals surface area contributed by atoms with E-state index in [1.165, 1.54) is 12.8 Å². The Labute approximate surface area is 132 Å². The minimum Gasteiger partial charge on any atom is -0.437 e. The van der Waals surface area contributed by atoms with Crippen molar-refractivity contribution >= 4 is 11.8 Å². The van der Waals surface area contributed by atoms with Crippen LogP contribution in [0, 0.1) is 23.2 Å². The highest BCUT2D eigenvalue weighted by Crippen LogP contribution is 2.57. The second kappa shape index (κ2) is 6.31. The number of cyclic esters (lactones) is 1. The van der Waals surface area contributed by atoms with Gasteiger partial charge >= 0.3 is 5.97 Å². The quantitative estimate of drug-likeness (QED) is 0.730. The van der Waals surface area contributed by atoms with Crippen molar-refractivity contribution in [3.8, 4) is 0 Å². The molecule has 0 N–H and O–H groups in total. The number of fused-ring (bicyclic) bond motifs is 1. The van der Waals surface area contributed by atoms with Crippen LogP contribution in [0.3, 0.4) is 0 Å². The smallest absolute Gasteiger partial charge is 0.337 e. The number of carbonyl (C=O) groups excluding carboxylic acids is 2. The fourth-order valence-electron chi connectivity index (χ4n) is 5.27. The average molecular weight is 308 g/mol. The summed E-state index contributed by atoms with van der Waals surface area (Å²) in [5.74, 6) is 1.86. The summed E-state index contributed by atoms with van der Waals surface area (Å²) in [4.78, 5) is 23.6. The zero-order valence-corrected chi connectivity index (χ0v) is 13.8. The third kappa shape index (κ3) is 2.82. The van der Waals surface area contributed by atoms with Crippen LogP contribution in [0.25, 0.3) is 0 Å². The summed E-state index contributed by atoms with van der Waals surface area (Å²) < 4.78 is 10.1. The number of Topliss-reactive ketones (excluding diaryl/α,β-unsaturated/α-hetero) is 1. The van der Waals surface area contributed by atoms with Gasteiger partial charge in [-0.05, 0) is 55.8 Å². The Morgan fingerprint density at radius 3 is 2.86 bits per heavy atom. The number of rotatable bonds is 5. The lowest BCUT2D eigenvalue weighted by atomic mass is 9.62. The second-order valence-electron chi connectivity index (χ2n) is 7.71. The Balaban J connectivity index is 1.52. The Kier molecular flexibility index (Phi) is 4.58. The van der Waals surface area contributed by atoms with Crippen molar-refractivity contribution in [2.24, 2.45) is 23.2 Å². The largest absolute Gasteiger partial charge is 0.437 e. The molecule has 4 nitrogen and oxygen atoms in total. The molecule has 0 spiro atoms. The van der Waals surface area contributed by atoms with Crippen molar-refractivity contribution in [2.45, 2.75) is 71.3 Å². The van der Waals surface area contributed by atoms with Crippen LogP contribution in [0.4, 0.5) is 0 Å². The highest BCUT2D eigenvalue weighted by Gasteiger charge is 2.52. The van der Waals surface area contributed by atoms with Gasteiger partial charge in [-0.15, -0.1) is 0 Å². The first-order valence-corrected chi connectivity index (χ1v) is 8.83. The number of hydrogen-bond donors (Lipinski definition) is 0. The van der Waals surface area contributed by atoms with Crippen LogP contribution in [0.5, 0.6) is 0 Å². The summed E-state index contributed by atoms with van der Waals surface area (Å²) in [6, 6.07) is 0. The number of ketones is 1. The molecule has 5 atom stereocenters. The van der Waals surface area contributed by atoms with Gasteiger partial charge in [-0.1, -0.05) is 20.3 Å². The van der Waals surface area contributed by atoms with Crippen LogP contribution in [0.2, 0.25) is 0 Å². The molecule has 3 fully saturated rings. The predicted octanol–water partition coefficient (Wildman–Crippen LogP) is 3.48. The molecule has 3 rings (SSSR count). The topological polar surface area (TPSA) is 52.6 Å². The van der Waals surface area contributed by atoms with E-state index in [1.807, 2.05) is 0 Å². The molecular formula is C18H28O4. The molecule has 0 aromatic heterocycles. The van der Waals surface area contributed by atoms with Crippen molar-refractivity contribution < 1.29 is 19.1 Å². The van der Waals surface area contributed by atoms with Crippen LogP contribution in [-0.4, -0.2) is 24.6 Å². The Hall–Kier alpha value is -0.900. The number of hydrogen-bond acceptors (Lipinski definition) is 4. The van der Waals surface area contributed by atoms with E-state index in [-0.39, 0.29) is 24.3 Å². The first kappa shape index (κ1) is 16.0. The van der Waals surface area contributed by atoms with Crippen LogP contribution in [0.15, 0.2) is 0 Å². The number of esters is 1. The van der Waals surface area contributed by atoms with Crippen LogP contribution >= 0.6 is 0 Å². The highest BCUT2D eigenvalue weighted by atomic mass is 16.7. The van der Waals surface area contributed by atoms with E-state index in [9.17, 15) is 9.59 Å². The van der Waals surface area contributed by atoms with Gasteiger partial charge in [0.2, 0.25) is 0 Å². The van der Waals surface area contributed by atoms with Crippen molar-refractivity contribution in [1.82, 2.24) is 0 Å². The summed E-state index contributed by atoms with van der Waals surface area (Å²) in [5.41, 5.74) is 0.220. The minimum atomic E-state index is -0.352. The molecule has 1 heterocycles. The Bertz CT molecular complexity index is 446. The molecule has 3 aliphatic rings. The predicted molar refractivity (Wildman–Crippen MR) is 82.0 cm³/mol. The molecule has 0 aromatic carbocycles. The monoisotopic (exact) mass is 308 g/mol. The summed E-state index contributed by atoms with van der Waals surface area (Å²) in [6.07, 6.45) is 7.85. The SMILES string of the molecule is C[C@H](CCCC1OCOC1=O)C1CCC2C(=O)CCCC21C. The summed E-state index contributed by atoms with van der Waals surface area (Å²) >= 11 is 0. The lowest BCUT2D eigenvalue weighted by Crippen LogP contribution is -2.39. The van der Waals surface area contributed by atoms with Gasteiger partial charge in [0, 0.05) is 12.3 Å². The molecule has 0 aromatic rings. The van der Waals surface area contributed by atoms with E-state index >= 15 is 0 Å². The van der Waals surface area contributed by atoms with Gasteiger partial charge in [-0.25, -0.2) is 4.79 Å². The lowest BCUT2D eigenvalue weighted by Gasteiger charge is -2.42. The lowest BCUT2D eigenvalue weighted by molar-refractivity contribution is -0.139. The van der Waals surface area contributed by atoms with Gasteiger partial charge in [0.05, 0.1) is 0 Å². The molecule has 2 saturated carbocycles. The van der Waals surface area contributed by atoms with Crippen LogP contribution in [-0.2, 0) is 19.1 Å². The molecule has 2 aliphatic carbocycles. The molecule has 0 bridgehead atoms. The zero-order valence-electron chi connectivity index (χ0n) is 13.8. The minimum absolute atomic E-state index is 0.115. The first-order valence-electron chi connectivity index (χ1n) is 8.83. The Morgan fingerprint density at radius 1 is 1.32 bits per heavy atom. The fourth-order valence-corrected chi connectivity index (χ4v) is 5.27. The maximum absolute atomic E-state index is 12.2. The first-order chi connectivity index (χ1) is 10.5. The molecule has 0 radical (unpaired) electrons. The van der Waals surface area contributed by atoms with E-state index in [4.69, 9.17) is 9.47 Å². The fraction of sp³-hybridized carbons (Fsp3) is 0.889. The van der Waals surface area contributed by atoms with E-state index < -0.39 is 0 Å². The normalized spacial score (nSPS) is 39.6. The number of carbonyl (C=O) groups is 2. The van der Waals surface area contributed by atoms with Crippen LogP contribution < -0.4 is 0 Å². The molecule has 4 unspecified atom stereocenters. The molecule has 22 heavy (non-hydrogen) atoms. The summed E-state index contributed by atoms with van der Waals surface area (Å²) in [5, 5.41) is 0. The molecular weight excluding hydrogens is 280 g/mol. The van der Waals surface area contributed by atoms with E-state index in [2.05, 4.69) is 13.8 Å². The third-order valence-corrected chi connectivity index (χ3v) is 6.48. The van der Waals surface area contributed by atoms with Crippen molar-refractivity contribution in [3.05, 3.63) is 0 Å². The molecule has 0 amide bonds. The van der Waals surface area contributed by atoms with Crippen LogP contribution in [0.1, 0.15) is 65.2 Å². The van der Waals surface area contributed by atoms with Crippen molar-refractivity contribution in [1.29, 1.82) is 0 Å². The Morgan fingerprint density at radius 2 is 2.14 bits per heavy atom. The zero-order chi connectivity index (χ0) is 15.7. The average Bonchev–Trinajstić information content (AvgIpc) is 3.03. The van der Waals surface area contributed by atoms with Gasteiger partial charge in [0.25, 0.3) is 0 Å². The molecule has 1 aliphatic heterocycles. The standard InChI is InChI=1S/C18H28O4/c1-12(5-3-7-16-17(20)22-11-21-16)13-8-9-14-15(19)6-4-10-18(13,14)2/h12-14,16H,3-11H2,1-2H3/t12-,13?,14?,16?,18?/m1/s1. The van der Waals surface area contributed by atoms with E-state index in [0.717, 1.165) is 38.5 Å². The van der Waals surface area contributed by atoms with Crippen molar-refractivity contribution in [2.75, 3.05) is 6.79 Å². The van der Waals surface area contributed by atoms with Crippen molar-refractivity contribution in [3.63, 3.8) is 0 Å². The van der Waals surface area contributed by atoms with Gasteiger partial charge in [0.1, 0.15) is 5.78 Å². The molecule has 124 valence electrons. The maximum atomic E-state index is 12.2. The highest BCUT2D eigenvalue weighted by molar-refractivity contribution is 5.83. The van der Waals surface area contributed by atoms with E-state index in [1.54, 1.807) is 0 Å². The second-order valence-corrected chi connectivity index (χ2v) is 7.71. The number of ether oxygens (including phenoxy) is 2.